The van der Waals surface area contributed by atoms with Gasteiger partial charge in [-0.05, 0) is 20.8 Å². The summed E-state index contributed by atoms with van der Waals surface area (Å²) in [7, 11) is 0. The molecule has 0 saturated carbocycles. The lowest BCUT2D eigenvalue weighted by Gasteiger charge is -2.37. The Morgan fingerprint density at radius 2 is 2.00 bits per heavy atom. The zero-order valence-electron chi connectivity index (χ0n) is 11.4. The van der Waals surface area contributed by atoms with Gasteiger partial charge >= 0.3 is 0 Å². The Morgan fingerprint density at radius 1 is 1.33 bits per heavy atom. The van der Waals surface area contributed by atoms with Crippen LogP contribution >= 0.6 is 11.8 Å². The van der Waals surface area contributed by atoms with E-state index in [4.69, 9.17) is 0 Å². The van der Waals surface area contributed by atoms with Crippen LogP contribution in [-0.4, -0.2) is 40.8 Å². The Morgan fingerprint density at radius 3 is 2.61 bits per heavy atom. The maximum Gasteiger partial charge on any atom is 0.176 e. The van der Waals surface area contributed by atoms with E-state index in [1.807, 2.05) is 43.0 Å². The summed E-state index contributed by atoms with van der Waals surface area (Å²) in [6.45, 7) is 9.10. The van der Waals surface area contributed by atoms with E-state index >= 15 is 0 Å². The Hall–Kier alpha value is -0.800. The summed E-state index contributed by atoms with van der Waals surface area (Å²) in [5.41, 5.74) is 2.03. The molecule has 3 heteroatoms. The summed E-state index contributed by atoms with van der Waals surface area (Å²) in [5.74, 6) is 1.35. The molecule has 1 heterocycles. The van der Waals surface area contributed by atoms with E-state index in [1.165, 1.54) is 5.56 Å². The Labute approximate surface area is 114 Å². The molecule has 1 fully saturated rings. The Balaban J connectivity index is 1.97. The lowest BCUT2D eigenvalue weighted by atomic mass is 10.1. The standard InChI is InChI=1S/C15H21NOS/c1-12-4-6-13(7-5-12)14(17)10-16-8-9-18-15(2,3)11-16/h4-7H,8-11H2,1-3H3. The van der Waals surface area contributed by atoms with Crippen LogP contribution < -0.4 is 0 Å². The average molecular weight is 263 g/mol. The summed E-state index contributed by atoms with van der Waals surface area (Å²) in [4.78, 5) is 14.5. The number of hydrogen-bond acceptors (Lipinski definition) is 3. The van der Waals surface area contributed by atoms with Gasteiger partial charge in [0.2, 0.25) is 0 Å². The molecule has 1 aliphatic rings. The van der Waals surface area contributed by atoms with Crippen LogP contribution in [-0.2, 0) is 0 Å². The van der Waals surface area contributed by atoms with Crippen LogP contribution in [0.5, 0.6) is 0 Å². The van der Waals surface area contributed by atoms with Gasteiger partial charge in [0, 0.05) is 29.2 Å². The van der Waals surface area contributed by atoms with Crippen molar-refractivity contribution in [3.05, 3.63) is 35.4 Å². The van der Waals surface area contributed by atoms with Gasteiger partial charge in [-0.25, -0.2) is 0 Å². The van der Waals surface area contributed by atoms with Crippen LogP contribution in [0.2, 0.25) is 0 Å². The summed E-state index contributed by atoms with van der Waals surface area (Å²) in [5, 5.41) is 0. The van der Waals surface area contributed by atoms with E-state index in [9.17, 15) is 4.79 Å². The number of nitrogens with zero attached hydrogens (tertiary/aromatic N) is 1. The van der Waals surface area contributed by atoms with Crippen LogP contribution in [0.25, 0.3) is 0 Å². The number of hydrogen-bond donors (Lipinski definition) is 0. The number of thioether (sulfide) groups is 1. The van der Waals surface area contributed by atoms with E-state index in [2.05, 4.69) is 18.7 Å². The Kier molecular flexibility index (Phi) is 4.13. The van der Waals surface area contributed by atoms with Crippen molar-refractivity contribution >= 4 is 17.5 Å². The van der Waals surface area contributed by atoms with Crippen LogP contribution in [0, 0.1) is 6.92 Å². The first-order valence-corrected chi connectivity index (χ1v) is 7.41. The molecule has 2 rings (SSSR count). The molecule has 0 atom stereocenters. The van der Waals surface area contributed by atoms with E-state index in [0.717, 1.165) is 24.4 Å². The number of ketones is 1. The van der Waals surface area contributed by atoms with Crippen molar-refractivity contribution in [1.82, 2.24) is 4.90 Å². The van der Waals surface area contributed by atoms with Gasteiger partial charge < -0.3 is 0 Å². The monoisotopic (exact) mass is 263 g/mol. The highest BCUT2D eigenvalue weighted by molar-refractivity contribution is 8.00. The van der Waals surface area contributed by atoms with Crippen molar-refractivity contribution < 1.29 is 4.79 Å². The number of carbonyl (C=O) groups is 1. The summed E-state index contributed by atoms with van der Waals surface area (Å²) in [6, 6.07) is 7.87. The minimum Gasteiger partial charge on any atom is -0.294 e. The molecular weight excluding hydrogens is 242 g/mol. The van der Waals surface area contributed by atoms with Gasteiger partial charge in [-0.3, -0.25) is 9.69 Å². The fourth-order valence-corrected chi connectivity index (χ4v) is 3.46. The molecule has 0 amide bonds. The van der Waals surface area contributed by atoms with Gasteiger partial charge in [0.1, 0.15) is 0 Å². The molecule has 0 aliphatic carbocycles. The first-order valence-electron chi connectivity index (χ1n) is 6.42. The van der Waals surface area contributed by atoms with Crippen molar-refractivity contribution in [3.8, 4) is 0 Å². The highest BCUT2D eigenvalue weighted by Gasteiger charge is 2.27. The molecule has 0 spiro atoms. The van der Waals surface area contributed by atoms with Gasteiger partial charge in [-0.1, -0.05) is 29.8 Å². The topological polar surface area (TPSA) is 20.3 Å². The van der Waals surface area contributed by atoms with Crippen LogP contribution in [0.3, 0.4) is 0 Å². The molecule has 18 heavy (non-hydrogen) atoms. The molecule has 0 unspecified atom stereocenters. The number of Topliss-reactive ketones (excluding diaryl/α,β-unsaturated/α-hetero) is 1. The maximum atomic E-state index is 12.2. The third-order valence-electron chi connectivity index (χ3n) is 3.25. The summed E-state index contributed by atoms with van der Waals surface area (Å²) < 4.78 is 0.270. The van der Waals surface area contributed by atoms with Crippen molar-refractivity contribution in [3.63, 3.8) is 0 Å². The van der Waals surface area contributed by atoms with E-state index in [-0.39, 0.29) is 10.5 Å². The van der Waals surface area contributed by atoms with Gasteiger partial charge in [0.05, 0.1) is 6.54 Å². The smallest absolute Gasteiger partial charge is 0.176 e. The fraction of sp³-hybridized carbons (Fsp3) is 0.533. The lowest BCUT2D eigenvalue weighted by Crippen LogP contribution is -2.45. The minimum absolute atomic E-state index is 0.234. The van der Waals surface area contributed by atoms with Gasteiger partial charge in [0.25, 0.3) is 0 Å². The molecule has 1 aliphatic heterocycles. The van der Waals surface area contributed by atoms with E-state index in [0.29, 0.717) is 6.54 Å². The van der Waals surface area contributed by atoms with Gasteiger partial charge in [-0.2, -0.15) is 11.8 Å². The highest BCUT2D eigenvalue weighted by atomic mass is 32.2. The van der Waals surface area contributed by atoms with E-state index < -0.39 is 0 Å². The molecule has 1 saturated heterocycles. The third-order valence-corrected chi connectivity index (χ3v) is 4.54. The maximum absolute atomic E-state index is 12.2. The molecule has 2 nitrogen and oxygen atoms in total. The summed E-state index contributed by atoms with van der Waals surface area (Å²) in [6.07, 6.45) is 0. The molecule has 1 aromatic carbocycles. The first kappa shape index (κ1) is 13.6. The van der Waals surface area contributed by atoms with Crippen LogP contribution in [0.4, 0.5) is 0 Å². The van der Waals surface area contributed by atoms with Crippen LogP contribution in [0.15, 0.2) is 24.3 Å². The lowest BCUT2D eigenvalue weighted by molar-refractivity contribution is 0.0927. The fourth-order valence-electron chi connectivity index (χ4n) is 2.28. The van der Waals surface area contributed by atoms with Crippen LogP contribution in [0.1, 0.15) is 29.8 Å². The van der Waals surface area contributed by atoms with Crippen molar-refractivity contribution in [2.45, 2.75) is 25.5 Å². The second-order valence-corrected chi connectivity index (χ2v) is 7.41. The Bertz CT molecular complexity index is 425. The van der Waals surface area contributed by atoms with Gasteiger partial charge in [-0.15, -0.1) is 0 Å². The second kappa shape index (κ2) is 5.45. The van der Waals surface area contributed by atoms with E-state index in [1.54, 1.807) is 0 Å². The SMILES string of the molecule is Cc1ccc(C(=O)CN2CCSC(C)(C)C2)cc1. The predicted molar refractivity (Wildman–Crippen MR) is 78.5 cm³/mol. The number of rotatable bonds is 3. The van der Waals surface area contributed by atoms with Crippen molar-refractivity contribution in [1.29, 1.82) is 0 Å². The van der Waals surface area contributed by atoms with Crippen molar-refractivity contribution in [2.24, 2.45) is 0 Å². The number of benzene rings is 1. The molecule has 0 N–H and O–H groups in total. The second-order valence-electron chi connectivity index (χ2n) is 5.61. The largest absolute Gasteiger partial charge is 0.294 e. The quantitative estimate of drug-likeness (QED) is 0.782. The number of carbonyl (C=O) groups excluding carboxylic acids is 1. The molecule has 0 bridgehead atoms. The summed E-state index contributed by atoms with van der Waals surface area (Å²) >= 11 is 2.00. The molecule has 0 aromatic heterocycles. The highest BCUT2D eigenvalue weighted by Crippen LogP contribution is 2.29. The molecular formula is C15H21NOS. The first-order chi connectivity index (χ1) is 8.46. The predicted octanol–water partition coefficient (Wildman–Crippen LogP) is 3.01. The molecule has 0 radical (unpaired) electrons. The molecule has 1 aromatic rings. The zero-order chi connectivity index (χ0) is 13.2. The normalized spacial score (nSPS) is 19.7. The minimum atomic E-state index is 0.234. The molecule has 98 valence electrons. The average Bonchev–Trinajstić information content (AvgIpc) is 2.28. The van der Waals surface area contributed by atoms with Crippen molar-refractivity contribution in [2.75, 3.05) is 25.4 Å². The number of aryl methyl sites for hydroxylation is 1. The third kappa shape index (κ3) is 3.59. The van der Waals surface area contributed by atoms with Gasteiger partial charge in [0.15, 0.2) is 5.78 Å². The zero-order valence-corrected chi connectivity index (χ0v) is 12.2.